The van der Waals surface area contributed by atoms with Crippen LogP contribution in [0.25, 0.3) is 106 Å². The molecule has 0 spiro atoms. The molecule has 0 bridgehead atoms. The minimum absolute atomic E-state index is 0.584. The van der Waals surface area contributed by atoms with Crippen LogP contribution in [0.5, 0.6) is 0 Å². The van der Waals surface area contributed by atoms with Gasteiger partial charge in [0.05, 0.1) is 22.1 Å². The maximum Gasteiger partial charge on any atom is 0.164 e. The first-order valence-electron chi connectivity index (χ1n) is 18.8. The summed E-state index contributed by atoms with van der Waals surface area (Å²) in [7, 11) is 0. The van der Waals surface area contributed by atoms with Gasteiger partial charge in [-0.2, -0.15) is 0 Å². The number of aromatic nitrogens is 4. The molecule has 0 saturated heterocycles. The topological polar surface area (TPSA) is 56.7 Å². The van der Waals surface area contributed by atoms with Gasteiger partial charge in [0.15, 0.2) is 17.5 Å². The summed E-state index contributed by atoms with van der Waals surface area (Å²) < 4.78 is 9.29. The molecule has 0 unspecified atom stereocenters. The largest absolute Gasteiger partial charge is 0.456 e. The number of para-hydroxylation sites is 1. The molecule has 5 nitrogen and oxygen atoms in total. The van der Waals surface area contributed by atoms with Crippen molar-refractivity contribution in [2.45, 2.75) is 0 Å². The Balaban J connectivity index is 1.17. The summed E-state index contributed by atoms with van der Waals surface area (Å²) >= 11 is 0. The minimum Gasteiger partial charge on any atom is -0.456 e. The molecule has 0 fully saturated rings. The lowest BCUT2D eigenvalue weighted by molar-refractivity contribution is 0.669. The van der Waals surface area contributed by atoms with Crippen molar-refractivity contribution < 1.29 is 4.42 Å². The van der Waals surface area contributed by atoms with Crippen molar-refractivity contribution in [1.29, 1.82) is 0 Å². The fourth-order valence-corrected chi connectivity index (χ4v) is 7.97. The molecule has 3 heterocycles. The Bertz CT molecular complexity index is 3170. The highest BCUT2D eigenvalue weighted by Crippen LogP contribution is 2.42. The standard InChI is InChI=1S/C51H32N4O/c1-5-15-33(16-6-1)37-25-27-41-40-23-13-14-24-43(40)55(44(41)29-37)45-30-39(34-17-7-2-8-18-34)32-47-48(45)42-28-26-38(31-46(42)56-47)51-53-49(35-19-9-3-10-20-35)52-50(54-51)36-21-11-4-12-22-36/h1-32H. The van der Waals surface area contributed by atoms with Crippen LogP contribution in [-0.2, 0) is 0 Å². The second-order valence-corrected chi connectivity index (χ2v) is 14.0. The quantitative estimate of drug-likeness (QED) is 0.172. The molecule has 3 aromatic heterocycles. The van der Waals surface area contributed by atoms with Crippen LogP contribution < -0.4 is 0 Å². The average molecular weight is 717 g/mol. The van der Waals surface area contributed by atoms with E-state index < -0.39 is 0 Å². The summed E-state index contributed by atoms with van der Waals surface area (Å²) in [5, 5.41) is 4.47. The third kappa shape index (κ3) is 5.37. The van der Waals surface area contributed by atoms with Crippen molar-refractivity contribution in [1.82, 2.24) is 19.5 Å². The lowest BCUT2D eigenvalue weighted by Crippen LogP contribution is -2.00. The number of benzene rings is 8. The van der Waals surface area contributed by atoms with Crippen LogP contribution in [0, 0.1) is 0 Å². The van der Waals surface area contributed by atoms with E-state index in [-0.39, 0.29) is 0 Å². The van der Waals surface area contributed by atoms with E-state index in [9.17, 15) is 0 Å². The zero-order chi connectivity index (χ0) is 37.0. The molecule has 0 saturated carbocycles. The number of rotatable bonds is 6. The van der Waals surface area contributed by atoms with Gasteiger partial charge < -0.3 is 8.98 Å². The summed E-state index contributed by atoms with van der Waals surface area (Å²) in [5.41, 5.74) is 12.2. The number of hydrogen-bond acceptors (Lipinski definition) is 4. The molecular formula is C51H32N4O. The summed E-state index contributed by atoms with van der Waals surface area (Å²) in [4.78, 5) is 14.9. The highest BCUT2D eigenvalue weighted by atomic mass is 16.3. The normalized spacial score (nSPS) is 11.6. The molecule has 0 aliphatic carbocycles. The summed E-state index contributed by atoms with van der Waals surface area (Å²) in [5.74, 6) is 1.83. The molecule has 11 aromatic rings. The van der Waals surface area contributed by atoms with Gasteiger partial charge in [0.1, 0.15) is 11.2 Å². The van der Waals surface area contributed by atoms with Gasteiger partial charge in [0, 0.05) is 32.8 Å². The van der Waals surface area contributed by atoms with Gasteiger partial charge in [-0.15, -0.1) is 0 Å². The van der Waals surface area contributed by atoms with E-state index >= 15 is 0 Å². The Kier molecular flexibility index (Phi) is 7.42. The third-order valence-electron chi connectivity index (χ3n) is 10.6. The lowest BCUT2D eigenvalue weighted by atomic mass is 10.0. The van der Waals surface area contributed by atoms with Gasteiger partial charge in [-0.3, -0.25) is 0 Å². The van der Waals surface area contributed by atoms with E-state index in [1.54, 1.807) is 0 Å². The molecule has 0 N–H and O–H groups in total. The second kappa shape index (κ2) is 13.0. The minimum atomic E-state index is 0.584. The summed E-state index contributed by atoms with van der Waals surface area (Å²) in [6, 6.07) is 67.5. The van der Waals surface area contributed by atoms with E-state index in [4.69, 9.17) is 19.4 Å². The summed E-state index contributed by atoms with van der Waals surface area (Å²) in [6.45, 7) is 0. The maximum absolute atomic E-state index is 6.88. The van der Waals surface area contributed by atoms with Crippen molar-refractivity contribution in [3.05, 3.63) is 194 Å². The fourth-order valence-electron chi connectivity index (χ4n) is 7.97. The molecule has 0 aliphatic rings. The van der Waals surface area contributed by atoms with Gasteiger partial charge in [-0.05, 0) is 58.7 Å². The molecule has 0 aliphatic heterocycles. The molecule has 0 radical (unpaired) electrons. The number of furan rings is 1. The van der Waals surface area contributed by atoms with Crippen molar-refractivity contribution >= 4 is 43.7 Å². The van der Waals surface area contributed by atoms with E-state index in [1.807, 2.05) is 60.7 Å². The molecule has 5 heteroatoms. The van der Waals surface area contributed by atoms with Crippen LogP contribution in [0.1, 0.15) is 0 Å². The van der Waals surface area contributed by atoms with Gasteiger partial charge in [0.25, 0.3) is 0 Å². The predicted molar refractivity (Wildman–Crippen MR) is 229 cm³/mol. The van der Waals surface area contributed by atoms with Gasteiger partial charge in [-0.1, -0.05) is 158 Å². The Morgan fingerprint density at radius 3 is 1.45 bits per heavy atom. The molecule has 8 aromatic carbocycles. The zero-order valence-corrected chi connectivity index (χ0v) is 30.2. The molecule has 0 amide bonds. The van der Waals surface area contributed by atoms with Gasteiger partial charge >= 0.3 is 0 Å². The van der Waals surface area contributed by atoms with Crippen molar-refractivity contribution in [2.75, 3.05) is 0 Å². The Morgan fingerprint density at radius 2 is 0.804 bits per heavy atom. The van der Waals surface area contributed by atoms with Crippen LogP contribution in [0.2, 0.25) is 0 Å². The average Bonchev–Trinajstić information content (AvgIpc) is 3.82. The zero-order valence-electron chi connectivity index (χ0n) is 30.2. The maximum atomic E-state index is 6.88. The van der Waals surface area contributed by atoms with E-state index in [1.165, 1.54) is 21.9 Å². The van der Waals surface area contributed by atoms with Gasteiger partial charge in [-0.25, -0.2) is 15.0 Å². The number of fused-ring (bicyclic) bond motifs is 6. The van der Waals surface area contributed by atoms with E-state index in [0.29, 0.717) is 17.5 Å². The van der Waals surface area contributed by atoms with E-state index in [0.717, 1.165) is 66.5 Å². The highest BCUT2D eigenvalue weighted by molar-refractivity contribution is 6.16. The third-order valence-corrected chi connectivity index (χ3v) is 10.6. The Hall–Kier alpha value is -7.63. The Labute approximate surface area is 322 Å². The number of nitrogens with zero attached hydrogens (tertiary/aromatic N) is 4. The first-order valence-corrected chi connectivity index (χ1v) is 18.8. The molecule has 0 atom stereocenters. The Morgan fingerprint density at radius 1 is 0.321 bits per heavy atom. The van der Waals surface area contributed by atoms with Crippen LogP contribution in [0.15, 0.2) is 199 Å². The van der Waals surface area contributed by atoms with Crippen LogP contribution in [0.4, 0.5) is 0 Å². The van der Waals surface area contributed by atoms with Crippen LogP contribution >= 0.6 is 0 Å². The van der Waals surface area contributed by atoms with Gasteiger partial charge in [0.2, 0.25) is 0 Å². The van der Waals surface area contributed by atoms with Crippen molar-refractivity contribution in [3.63, 3.8) is 0 Å². The lowest BCUT2D eigenvalue weighted by Gasteiger charge is -2.13. The first-order chi connectivity index (χ1) is 27.7. The molecule has 56 heavy (non-hydrogen) atoms. The second-order valence-electron chi connectivity index (χ2n) is 14.0. The molecular weight excluding hydrogens is 685 g/mol. The molecule has 262 valence electrons. The SMILES string of the molecule is c1ccc(-c2cc(-n3c4ccccc4c4ccc(-c5ccccc5)cc43)c3c(c2)oc2cc(-c4nc(-c5ccccc5)nc(-c5ccccc5)n4)ccc23)cc1. The van der Waals surface area contributed by atoms with Crippen LogP contribution in [-0.4, -0.2) is 19.5 Å². The molecule has 11 rings (SSSR count). The van der Waals surface area contributed by atoms with Crippen molar-refractivity contribution in [2.24, 2.45) is 0 Å². The fraction of sp³-hybridized carbons (Fsp3) is 0. The predicted octanol–water partition coefficient (Wildman–Crippen LogP) is 13.2. The highest BCUT2D eigenvalue weighted by Gasteiger charge is 2.21. The number of hydrogen-bond donors (Lipinski definition) is 0. The van der Waals surface area contributed by atoms with Crippen LogP contribution in [0.3, 0.4) is 0 Å². The van der Waals surface area contributed by atoms with E-state index in [2.05, 4.69) is 138 Å². The van der Waals surface area contributed by atoms with Crippen molar-refractivity contribution in [3.8, 4) is 62.1 Å². The smallest absolute Gasteiger partial charge is 0.164 e. The monoisotopic (exact) mass is 716 g/mol. The summed E-state index contributed by atoms with van der Waals surface area (Å²) in [6.07, 6.45) is 0. The first kappa shape index (κ1) is 31.9.